The van der Waals surface area contributed by atoms with Crippen LogP contribution in [0.15, 0.2) is 42.5 Å². The van der Waals surface area contributed by atoms with Crippen molar-refractivity contribution in [2.45, 2.75) is 18.5 Å². The van der Waals surface area contributed by atoms with Gasteiger partial charge in [0.05, 0.1) is 27.7 Å². The molecule has 3 aliphatic rings. The molecule has 3 unspecified atom stereocenters. The summed E-state index contributed by atoms with van der Waals surface area (Å²) in [6.45, 7) is 1.59. The summed E-state index contributed by atoms with van der Waals surface area (Å²) in [5.74, 6) is -0.886. The fourth-order valence-corrected chi connectivity index (χ4v) is 5.07. The van der Waals surface area contributed by atoms with E-state index in [0.29, 0.717) is 20.8 Å². The number of hydrogen-bond acceptors (Lipinski definition) is 4. The second-order valence-electron chi connectivity index (χ2n) is 7.26. The van der Waals surface area contributed by atoms with Crippen LogP contribution in [0.4, 0.5) is 5.69 Å². The molecule has 3 aliphatic heterocycles. The first-order valence-corrected chi connectivity index (χ1v) is 10.2. The number of carbonyl (C=O) groups excluding carboxylic acids is 2. The largest absolute Gasteiger partial charge is 0.274 e. The predicted molar refractivity (Wildman–Crippen MR) is 108 cm³/mol. The van der Waals surface area contributed by atoms with Crippen molar-refractivity contribution in [3.8, 4) is 0 Å². The zero-order chi connectivity index (χ0) is 19.6. The van der Waals surface area contributed by atoms with Gasteiger partial charge in [-0.05, 0) is 42.3 Å². The first-order chi connectivity index (χ1) is 13.5. The monoisotopic (exact) mass is 435 g/mol. The van der Waals surface area contributed by atoms with Crippen molar-refractivity contribution in [2.24, 2.45) is 5.92 Å². The molecular formula is C20H16Cl3N3O2. The van der Waals surface area contributed by atoms with E-state index in [0.717, 1.165) is 25.1 Å². The molecule has 0 spiro atoms. The van der Waals surface area contributed by atoms with Crippen LogP contribution in [0.5, 0.6) is 0 Å². The van der Waals surface area contributed by atoms with Gasteiger partial charge in [-0.2, -0.15) is 0 Å². The Kier molecular flexibility index (Phi) is 4.41. The van der Waals surface area contributed by atoms with Gasteiger partial charge in [-0.25, -0.2) is 14.9 Å². The van der Waals surface area contributed by atoms with Crippen LogP contribution in [0.2, 0.25) is 15.1 Å². The number of nitrogens with zero attached hydrogens (tertiary/aromatic N) is 3. The highest BCUT2D eigenvalue weighted by Gasteiger charge is 2.62. The second kappa shape index (κ2) is 6.71. The zero-order valence-corrected chi connectivity index (χ0v) is 17.0. The third-order valence-corrected chi connectivity index (χ3v) is 6.77. The first-order valence-electron chi connectivity index (χ1n) is 9.09. The van der Waals surface area contributed by atoms with E-state index in [1.165, 1.54) is 4.90 Å². The number of rotatable bonds is 2. The number of hydrazine groups is 1. The average molecular weight is 437 g/mol. The van der Waals surface area contributed by atoms with Crippen LogP contribution in [0.25, 0.3) is 0 Å². The molecule has 3 saturated heterocycles. The SMILES string of the molecule is O=C1C2C(C(=O)N1c1ccc(Cl)c(Cl)c1)N1CCCN1C2c1ccc(Cl)cc1. The normalized spacial score (nSPS) is 27.5. The van der Waals surface area contributed by atoms with Gasteiger partial charge < -0.3 is 0 Å². The molecule has 3 fully saturated rings. The maximum absolute atomic E-state index is 13.4. The van der Waals surface area contributed by atoms with Crippen LogP contribution in [0.1, 0.15) is 18.0 Å². The number of imide groups is 1. The minimum Gasteiger partial charge on any atom is -0.274 e. The number of benzene rings is 2. The van der Waals surface area contributed by atoms with Gasteiger partial charge in [0.15, 0.2) is 0 Å². The number of hydrogen-bond donors (Lipinski definition) is 0. The van der Waals surface area contributed by atoms with Crippen molar-refractivity contribution in [1.82, 2.24) is 10.0 Å². The minimum absolute atomic E-state index is 0.186. The Balaban J connectivity index is 1.58. The van der Waals surface area contributed by atoms with Gasteiger partial charge in [-0.1, -0.05) is 46.9 Å². The van der Waals surface area contributed by atoms with Gasteiger partial charge in [0.2, 0.25) is 5.91 Å². The predicted octanol–water partition coefficient (Wildman–Crippen LogP) is 4.18. The second-order valence-corrected chi connectivity index (χ2v) is 8.51. The molecule has 5 rings (SSSR count). The first kappa shape index (κ1) is 18.4. The highest BCUT2D eigenvalue weighted by Crippen LogP contribution is 2.49. The molecule has 0 radical (unpaired) electrons. The molecular weight excluding hydrogens is 421 g/mol. The smallest absolute Gasteiger partial charge is 0.253 e. The van der Waals surface area contributed by atoms with Crippen LogP contribution < -0.4 is 4.90 Å². The summed E-state index contributed by atoms with van der Waals surface area (Å²) in [5, 5.41) is 5.56. The quantitative estimate of drug-likeness (QED) is 0.663. The number of carbonyl (C=O) groups is 2. The summed E-state index contributed by atoms with van der Waals surface area (Å²) in [7, 11) is 0. The molecule has 2 amide bonds. The lowest BCUT2D eigenvalue weighted by atomic mass is 9.90. The van der Waals surface area contributed by atoms with Gasteiger partial charge in [0.1, 0.15) is 6.04 Å². The Morgan fingerprint density at radius 2 is 1.46 bits per heavy atom. The highest BCUT2D eigenvalue weighted by atomic mass is 35.5. The lowest BCUT2D eigenvalue weighted by Gasteiger charge is -2.29. The Labute approximate surface area is 177 Å². The lowest BCUT2D eigenvalue weighted by molar-refractivity contribution is -0.126. The summed E-state index contributed by atoms with van der Waals surface area (Å²) < 4.78 is 0. The van der Waals surface area contributed by atoms with Crippen LogP contribution >= 0.6 is 34.8 Å². The van der Waals surface area contributed by atoms with E-state index in [-0.39, 0.29) is 17.9 Å². The fourth-order valence-electron chi connectivity index (χ4n) is 4.65. The molecule has 0 aromatic heterocycles. The van der Waals surface area contributed by atoms with Crippen LogP contribution in [0.3, 0.4) is 0 Å². The maximum Gasteiger partial charge on any atom is 0.253 e. The number of halogens is 3. The van der Waals surface area contributed by atoms with E-state index in [1.807, 2.05) is 24.3 Å². The summed E-state index contributed by atoms with van der Waals surface area (Å²) in [6.07, 6.45) is 0.960. The average Bonchev–Trinajstić information content (AvgIpc) is 3.31. The maximum atomic E-state index is 13.4. The number of fused-ring (bicyclic) bond motifs is 3. The van der Waals surface area contributed by atoms with E-state index in [9.17, 15) is 9.59 Å². The standard InChI is InChI=1S/C20H16Cl3N3O2/c21-12-4-2-11(3-5-12)17-16-18(25-9-1-8-24(17)25)20(28)26(19(16)27)13-6-7-14(22)15(23)10-13/h2-7,10,16-18H,1,8-9H2. The van der Waals surface area contributed by atoms with Gasteiger partial charge in [0.25, 0.3) is 5.91 Å². The van der Waals surface area contributed by atoms with E-state index in [4.69, 9.17) is 34.8 Å². The minimum atomic E-state index is -0.495. The third-order valence-electron chi connectivity index (χ3n) is 5.78. The van der Waals surface area contributed by atoms with Crippen LogP contribution in [-0.4, -0.2) is 41.0 Å². The molecule has 0 bridgehead atoms. The van der Waals surface area contributed by atoms with E-state index >= 15 is 0 Å². The Morgan fingerprint density at radius 1 is 0.786 bits per heavy atom. The number of amides is 2. The van der Waals surface area contributed by atoms with E-state index < -0.39 is 12.0 Å². The molecule has 2 aromatic carbocycles. The Morgan fingerprint density at radius 3 is 2.14 bits per heavy atom. The molecule has 144 valence electrons. The van der Waals surface area contributed by atoms with Crippen molar-refractivity contribution in [3.63, 3.8) is 0 Å². The molecule has 3 heterocycles. The Bertz CT molecular complexity index is 981. The lowest BCUT2D eigenvalue weighted by Crippen LogP contribution is -2.44. The Hall–Kier alpha value is -1.63. The molecule has 2 aromatic rings. The van der Waals surface area contributed by atoms with Crippen molar-refractivity contribution < 1.29 is 9.59 Å². The molecule has 28 heavy (non-hydrogen) atoms. The number of anilines is 1. The summed E-state index contributed by atoms with van der Waals surface area (Å²) in [4.78, 5) is 28.0. The summed E-state index contributed by atoms with van der Waals surface area (Å²) in [6, 6.07) is 11.7. The van der Waals surface area contributed by atoms with Gasteiger partial charge in [-0.3, -0.25) is 9.59 Å². The van der Waals surface area contributed by atoms with E-state index in [1.54, 1.807) is 18.2 Å². The van der Waals surface area contributed by atoms with Gasteiger partial charge in [-0.15, -0.1) is 0 Å². The summed E-state index contributed by atoms with van der Waals surface area (Å²) in [5.41, 5.74) is 1.44. The third kappa shape index (κ3) is 2.61. The molecule has 0 saturated carbocycles. The molecule has 5 nitrogen and oxygen atoms in total. The van der Waals surface area contributed by atoms with Crippen LogP contribution in [0, 0.1) is 5.92 Å². The van der Waals surface area contributed by atoms with Gasteiger partial charge >= 0.3 is 0 Å². The van der Waals surface area contributed by atoms with Crippen molar-refractivity contribution in [3.05, 3.63) is 63.1 Å². The summed E-state index contributed by atoms with van der Waals surface area (Å²) >= 11 is 18.2. The van der Waals surface area contributed by atoms with Crippen LogP contribution in [-0.2, 0) is 9.59 Å². The molecule has 8 heteroatoms. The molecule has 3 atom stereocenters. The zero-order valence-electron chi connectivity index (χ0n) is 14.7. The van der Waals surface area contributed by atoms with E-state index in [2.05, 4.69) is 10.0 Å². The fraction of sp³-hybridized carbons (Fsp3) is 0.300. The van der Waals surface area contributed by atoms with Crippen molar-refractivity contribution in [1.29, 1.82) is 0 Å². The molecule has 0 aliphatic carbocycles. The molecule has 0 N–H and O–H groups in total. The highest BCUT2D eigenvalue weighted by molar-refractivity contribution is 6.42. The topological polar surface area (TPSA) is 43.9 Å². The van der Waals surface area contributed by atoms with Crippen molar-refractivity contribution in [2.75, 3.05) is 18.0 Å². The van der Waals surface area contributed by atoms with Crippen molar-refractivity contribution >= 4 is 52.3 Å². The van der Waals surface area contributed by atoms with Gasteiger partial charge in [0, 0.05) is 18.1 Å².